The number of nitrogens with zero attached hydrogens (tertiary/aromatic N) is 2. The molecular weight excluding hydrogens is 267 g/mol. The molecule has 4 nitrogen and oxygen atoms in total. The maximum Gasteiger partial charge on any atom is 0.138 e. The fourth-order valence-corrected chi connectivity index (χ4v) is 1.88. The molecule has 2 N–H and O–H groups in total. The molecule has 0 aliphatic rings. The number of hydrogen-bond donors (Lipinski definition) is 2. The Morgan fingerprint density at radius 1 is 1.05 bits per heavy atom. The van der Waals surface area contributed by atoms with Crippen molar-refractivity contribution in [3.8, 4) is 0 Å². The number of rotatable bonds is 3. The molecule has 0 spiro atoms. The van der Waals surface area contributed by atoms with E-state index in [0.717, 1.165) is 22.9 Å². The molecule has 5 heteroatoms. The molecule has 2 aromatic rings. The maximum atomic E-state index is 13.2. The van der Waals surface area contributed by atoms with Crippen LogP contribution in [0.15, 0.2) is 24.3 Å². The summed E-state index contributed by atoms with van der Waals surface area (Å²) in [6.07, 6.45) is 0. The van der Waals surface area contributed by atoms with Crippen molar-refractivity contribution in [2.45, 2.75) is 33.1 Å². The molecule has 112 valence electrons. The van der Waals surface area contributed by atoms with Crippen LogP contribution in [0.2, 0.25) is 0 Å². The van der Waals surface area contributed by atoms with Crippen molar-refractivity contribution in [3.63, 3.8) is 0 Å². The van der Waals surface area contributed by atoms with E-state index >= 15 is 0 Å². The molecular formula is C16H21FN4. The van der Waals surface area contributed by atoms with E-state index < -0.39 is 0 Å². The van der Waals surface area contributed by atoms with Gasteiger partial charge in [-0.2, -0.15) is 0 Å². The van der Waals surface area contributed by atoms with Gasteiger partial charge in [0.2, 0.25) is 0 Å². The summed E-state index contributed by atoms with van der Waals surface area (Å²) in [5.41, 5.74) is 1.51. The van der Waals surface area contributed by atoms with Gasteiger partial charge in [0.15, 0.2) is 0 Å². The molecule has 0 saturated carbocycles. The van der Waals surface area contributed by atoms with Crippen molar-refractivity contribution >= 4 is 17.3 Å². The summed E-state index contributed by atoms with van der Waals surface area (Å²) in [4.78, 5) is 9.03. The van der Waals surface area contributed by atoms with Crippen LogP contribution in [0.1, 0.15) is 32.2 Å². The molecule has 1 aromatic heterocycles. The summed E-state index contributed by atoms with van der Waals surface area (Å²) in [5, 5.41) is 6.27. The highest BCUT2D eigenvalue weighted by molar-refractivity contribution is 5.62. The molecule has 0 aliphatic carbocycles. The Morgan fingerprint density at radius 2 is 1.71 bits per heavy atom. The number of hydrogen-bond acceptors (Lipinski definition) is 4. The molecule has 0 bridgehead atoms. The SMILES string of the molecule is CNc1cc(Nc2ccc(F)cc2C)nc(C(C)(C)C)n1. The van der Waals surface area contributed by atoms with Gasteiger partial charge in [-0.15, -0.1) is 0 Å². The van der Waals surface area contributed by atoms with Crippen molar-refractivity contribution in [1.82, 2.24) is 9.97 Å². The zero-order valence-electron chi connectivity index (χ0n) is 13.1. The number of anilines is 3. The van der Waals surface area contributed by atoms with Crippen LogP contribution < -0.4 is 10.6 Å². The van der Waals surface area contributed by atoms with Gasteiger partial charge < -0.3 is 10.6 Å². The van der Waals surface area contributed by atoms with E-state index in [4.69, 9.17) is 0 Å². The van der Waals surface area contributed by atoms with Crippen LogP contribution in [0.4, 0.5) is 21.7 Å². The first kappa shape index (κ1) is 15.2. The van der Waals surface area contributed by atoms with Crippen molar-refractivity contribution in [3.05, 3.63) is 41.5 Å². The van der Waals surface area contributed by atoms with Gasteiger partial charge in [0.1, 0.15) is 23.3 Å². The Kier molecular flexibility index (Phi) is 4.11. The summed E-state index contributed by atoms with van der Waals surface area (Å²) < 4.78 is 13.2. The average molecular weight is 288 g/mol. The van der Waals surface area contributed by atoms with E-state index in [1.165, 1.54) is 12.1 Å². The second-order valence-corrected chi connectivity index (χ2v) is 6.05. The molecule has 1 aromatic carbocycles. The Labute approximate surface area is 124 Å². The molecule has 0 atom stereocenters. The first-order valence-corrected chi connectivity index (χ1v) is 6.90. The lowest BCUT2D eigenvalue weighted by atomic mass is 9.96. The van der Waals surface area contributed by atoms with E-state index in [9.17, 15) is 4.39 Å². The van der Waals surface area contributed by atoms with Crippen molar-refractivity contribution in [2.24, 2.45) is 0 Å². The predicted molar refractivity (Wildman–Crippen MR) is 84.7 cm³/mol. The highest BCUT2D eigenvalue weighted by Crippen LogP contribution is 2.25. The summed E-state index contributed by atoms with van der Waals surface area (Å²) in [7, 11) is 1.82. The lowest BCUT2D eigenvalue weighted by Gasteiger charge is -2.19. The first-order valence-electron chi connectivity index (χ1n) is 6.90. The molecule has 0 fully saturated rings. The molecule has 0 radical (unpaired) electrons. The topological polar surface area (TPSA) is 49.8 Å². The molecule has 21 heavy (non-hydrogen) atoms. The van der Waals surface area contributed by atoms with Crippen LogP contribution in [0.5, 0.6) is 0 Å². The quantitative estimate of drug-likeness (QED) is 0.896. The minimum Gasteiger partial charge on any atom is -0.373 e. The van der Waals surface area contributed by atoms with Crippen LogP contribution in [0.25, 0.3) is 0 Å². The Bertz CT molecular complexity index is 647. The van der Waals surface area contributed by atoms with Crippen molar-refractivity contribution in [1.29, 1.82) is 0 Å². The normalized spacial score (nSPS) is 11.3. The van der Waals surface area contributed by atoms with Gasteiger partial charge in [-0.05, 0) is 30.7 Å². The Morgan fingerprint density at radius 3 is 2.29 bits per heavy atom. The van der Waals surface area contributed by atoms with Crippen LogP contribution >= 0.6 is 0 Å². The van der Waals surface area contributed by atoms with Gasteiger partial charge >= 0.3 is 0 Å². The van der Waals surface area contributed by atoms with Gasteiger partial charge in [-0.1, -0.05) is 20.8 Å². The van der Waals surface area contributed by atoms with Gasteiger partial charge in [-0.3, -0.25) is 0 Å². The van der Waals surface area contributed by atoms with E-state index in [2.05, 4.69) is 41.4 Å². The second kappa shape index (κ2) is 5.68. The summed E-state index contributed by atoms with van der Waals surface area (Å²) >= 11 is 0. The van der Waals surface area contributed by atoms with Gasteiger partial charge in [0.25, 0.3) is 0 Å². The van der Waals surface area contributed by atoms with E-state index in [1.807, 2.05) is 20.0 Å². The average Bonchev–Trinajstić information content (AvgIpc) is 2.40. The molecule has 0 saturated heterocycles. The standard InChI is InChI=1S/C16H21FN4/c1-10-8-11(17)6-7-12(10)19-14-9-13(18-5)20-15(21-14)16(2,3)4/h6-9H,1-5H3,(H2,18,19,20,21). The van der Waals surface area contributed by atoms with E-state index in [-0.39, 0.29) is 11.2 Å². The highest BCUT2D eigenvalue weighted by Gasteiger charge is 2.19. The lowest BCUT2D eigenvalue weighted by molar-refractivity contribution is 0.547. The zero-order valence-corrected chi connectivity index (χ0v) is 13.1. The van der Waals surface area contributed by atoms with Crippen LogP contribution in [0, 0.1) is 12.7 Å². The lowest BCUT2D eigenvalue weighted by Crippen LogP contribution is -2.17. The summed E-state index contributed by atoms with van der Waals surface area (Å²) in [6, 6.07) is 6.47. The van der Waals surface area contributed by atoms with Gasteiger partial charge in [-0.25, -0.2) is 14.4 Å². The number of aryl methyl sites for hydroxylation is 1. The molecule has 0 aliphatic heterocycles. The van der Waals surface area contributed by atoms with Crippen LogP contribution in [-0.4, -0.2) is 17.0 Å². The van der Waals surface area contributed by atoms with Crippen molar-refractivity contribution in [2.75, 3.05) is 17.7 Å². The van der Waals surface area contributed by atoms with Crippen LogP contribution in [0.3, 0.4) is 0 Å². The molecule has 1 heterocycles. The Hall–Kier alpha value is -2.17. The van der Waals surface area contributed by atoms with Crippen LogP contribution in [-0.2, 0) is 5.41 Å². The molecule has 0 unspecified atom stereocenters. The first-order chi connectivity index (χ1) is 9.79. The summed E-state index contributed by atoms with van der Waals surface area (Å²) in [6.45, 7) is 8.05. The second-order valence-electron chi connectivity index (χ2n) is 6.05. The highest BCUT2D eigenvalue weighted by atomic mass is 19.1. The third-order valence-electron chi connectivity index (χ3n) is 3.10. The monoisotopic (exact) mass is 288 g/mol. The predicted octanol–water partition coefficient (Wildman–Crippen LogP) is 4.01. The van der Waals surface area contributed by atoms with Gasteiger partial charge in [0, 0.05) is 24.2 Å². The van der Waals surface area contributed by atoms with E-state index in [0.29, 0.717) is 5.82 Å². The van der Waals surface area contributed by atoms with E-state index in [1.54, 1.807) is 6.07 Å². The maximum absolute atomic E-state index is 13.2. The third kappa shape index (κ3) is 3.68. The number of benzene rings is 1. The van der Waals surface area contributed by atoms with Crippen molar-refractivity contribution < 1.29 is 4.39 Å². The smallest absolute Gasteiger partial charge is 0.138 e. The number of nitrogens with one attached hydrogen (secondary N) is 2. The molecule has 0 amide bonds. The zero-order chi connectivity index (χ0) is 15.6. The van der Waals surface area contributed by atoms with Gasteiger partial charge in [0.05, 0.1) is 0 Å². The Balaban J connectivity index is 2.39. The minimum absolute atomic E-state index is 0.152. The molecule has 2 rings (SSSR count). The summed E-state index contributed by atoms with van der Waals surface area (Å²) in [5.74, 6) is 1.94. The minimum atomic E-state index is -0.243. The fraction of sp³-hybridized carbons (Fsp3) is 0.375. The fourth-order valence-electron chi connectivity index (χ4n) is 1.88. The largest absolute Gasteiger partial charge is 0.373 e. The number of aromatic nitrogens is 2. The third-order valence-corrected chi connectivity index (χ3v) is 3.10. The number of halogens is 1.